The second-order valence-corrected chi connectivity index (χ2v) is 6.56. The Morgan fingerprint density at radius 1 is 1.20 bits per heavy atom. The number of rotatable bonds is 4. The van der Waals surface area contributed by atoms with E-state index < -0.39 is 0 Å². The number of carbonyl (C=O) groups is 1. The Kier molecular flexibility index (Phi) is 4.70. The first-order valence-electron chi connectivity index (χ1n) is 8.58. The van der Waals surface area contributed by atoms with Crippen LogP contribution in [0.3, 0.4) is 0 Å². The van der Waals surface area contributed by atoms with Gasteiger partial charge in [-0.15, -0.1) is 0 Å². The number of nitrogens with zero attached hydrogens (tertiary/aromatic N) is 2. The van der Waals surface area contributed by atoms with E-state index in [4.69, 9.17) is 9.47 Å². The van der Waals surface area contributed by atoms with E-state index in [2.05, 4.69) is 10.4 Å². The Morgan fingerprint density at radius 3 is 2.52 bits per heavy atom. The van der Waals surface area contributed by atoms with Gasteiger partial charge < -0.3 is 14.8 Å². The largest absolute Gasteiger partial charge is 0.486 e. The van der Waals surface area contributed by atoms with Crippen LogP contribution in [0.1, 0.15) is 48.3 Å². The summed E-state index contributed by atoms with van der Waals surface area (Å²) in [5, 5.41) is 7.50. The van der Waals surface area contributed by atoms with Gasteiger partial charge in [0.05, 0.1) is 17.7 Å². The van der Waals surface area contributed by atoms with Crippen molar-refractivity contribution < 1.29 is 14.3 Å². The lowest BCUT2D eigenvalue weighted by Gasteiger charge is -2.22. The number of aromatic nitrogens is 2. The van der Waals surface area contributed by atoms with Crippen LogP contribution < -0.4 is 14.8 Å². The standard InChI is InChI=1S/C19H25N3O3/c1-11(18-13(3)21-22(5)14(18)4)19(23)20-12(2)15-6-7-16-17(10-15)25-9-8-24-16/h6-7,10-12H,8-9H2,1-5H3,(H,20,23)/t11-,12-/m1/s1. The maximum atomic E-state index is 12.7. The number of hydrogen-bond donors (Lipinski definition) is 1. The van der Waals surface area contributed by atoms with Gasteiger partial charge in [-0.1, -0.05) is 6.07 Å². The molecule has 0 unspecified atom stereocenters. The monoisotopic (exact) mass is 343 g/mol. The van der Waals surface area contributed by atoms with E-state index in [0.717, 1.165) is 34.0 Å². The van der Waals surface area contributed by atoms with Crippen LogP contribution in [0.2, 0.25) is 0 Å². The molecule has 3 rings (SSSR count). The normalized spacial score (nSPS) is 15.6. The molecular weight excluding hydrogens is 318 g/mol. The number of aryl methyl sites for hydroxylation is 2. The van der Waals surface area contributed by atoms with Crippen molar-refractivity contribution in [2.45, 2.75) is 39.7 Å². The third-order valence-corrected chi connectivity index (χ3v) is 4.82. The van der Waals surface area contributed by atoms with E-state index >= 15 is 0 Å². The van der Waals surface area contributed by atoms with Crippen LogP contribution in [-0.4, -0.2) is 28.9 Å². The second kappa shape index (κ2) is 6.78. The van der Waals surface area contributed by atoms with Gasteiger partial charge in [0, 0.05) is 18.3 Å². The fourth-order valence-electron chi connectivity index (χ4n) is 3.30. The van der Waals surface area contributed by atoms with E-state index in [-0.39, 0.29) is 17.9 Å². The quantitative estimate of drug-likeness (QED) is 0.927. The molecule has 0 radical (unpaired) electrons. The van der Waals surface area contributed by atoms with Crippen molar-refractivity contribution in [3.05, 3.63) is 40.7 Å². The van der Waals surface area contributed by atoms with Crippen LogP contribution >= 0.6 is 0 Å². The summed E-state index contributed by atoms with van der Waals surface area (Å²) in [5.74, 6) is 1.22. The van der Waals surface area contributed by atoms with E-state index in [1.165, 1.54) is 0 Å². The van der Waals surface area contributed by atoms with Crippen LogP contribution in [0.25, 0.3) is 0 Å². The van der Waals surface area contributed by atoms with Gasteiger partial charge in [-0.05, 0) is 45.4 Å². The molecule has 1 aliphatic heterocycles. The molecule has 1 aromatic heterocycles. The van der Waals surface area contributed by atoms with E-state index in [0.29, 0.717) is 13.2 Å². The summed E-state index contributed by atoms with van der Waals surface area (Å²) in [5.41, 5.74) is 3.90. The van der Waals surface area contributed by atoms with Gasteiger partial charge in [-0.2, -0.15) is 5.10 Å². The van der Waals surface area contributed by atoms with Gasteiger partial charge in [0.15, 0.2) is 11.5 Å². The minimum Gasteiger partial charge on any atom is -0.486 e. The molecule has 0 saturated carbocycles. The molecule has 25 heavy (non-hydrogen) atoms. The number of ether oxygens (including phenoxy) is 2. The molecule has 2 atom stereocenters. The van der Waals surface area contributed by atoms with E-state index in [9.17, 15) is 4.79 Å². The first-order valence-corrected chi connectivity index (χ1v) is 8.58. The number of carbonyl (C=O) groups excluding carboxylic acids is 1. The average Bonchev–Trinajstić information content (AvgIpc) is 2.85. The predicted octanol–water partition coefficient (Wildman–Crippen LogP) is 2.79. The van der Waals surface area contributed by atoms with Crippen molar-refractivity contribution in [1.29, 1.82) is 0 Å². The zero-order valence-electron chi connectivity index (χ0n) is 15.4. The molecule has 0 bridgehead atoms. The number of hydrogen-bond acceptors (Lipinski definition) is 4. The minimum absolute atomic E-state index is 0.0124. The molecule has 1 N–H and O–H groups in total. The molecule has 0 fully saturated rings. The molecule has 1 aliphatic rings. The Morgan fingerprint density at radius 2 is 1.88 bits per heavy atom. The molecule has 1 amide bonds. The van der Waals surface area contributed by atoms with Crippen molar-refractivity contribution in [1.82, 2.24) is 15.1 Å². The zero-order chi connectivity index (χ0) is 18.1. The minimum atomic E-state index is -0.256. The lowest BCUT2D eigenvalue weighted by molar-refractivity contribution is -0.122. The van der Waals surface area contributed by atoms with Crippen LogP contribution in [0.4, 0.5) is 0 Å². The highest BCUT2D eigenvalue weighted by Gasteiger charge is 2.24. The summed E-state index contributed by atoms with van der Waals surface area (Å²) >= 11 is 0. The van der Waals surface area contributed by atoms with Crippen LogP contribution in [0.5, 0.6) is 11.5 Å². The Labute approximate surface area is 148 Å². The smallest absolute Gasteiger partial charge is 0.227 e. The summed E-state index contributed by atoms with van der Waals surface area (Å²) in [6, 6.07) is 5.67. The lowest BCUT2D eigenvalue weighted by Crippen LogP contribution is -2.31. The van der Waals surface area contributed by atoms with Crippen LogP contribution in [0.15, 0.2) is 18.2 Å². The topological polar surface area (TPSA) is 65.4 Å². The molecule has 0 saturated heterocycles. The summed E-state index contributed by atoms with van der Waals surface area (Å²) in [6.07, 6.45) is 0. The highest BCUT2D eigenvalue weighted by Crippen LogP contribution is 2.33. The molecule has 0 spiro atoms. The van der Waals surface area contributed by atoms with Crippen molar-refractivity contribution >= 4 is 5.91 Å². The summed E-state index contributed by atoms with van der Waals surface area (Å²) < 4.78 is 13.0. The number of nitrogens with one attached hydrogen (secondary N) is 1. The first-order chi connectivity index (χ1) is 11.9. The average molecular weight is 343 g/mol. The van der Waals surface area contributed by atoms with Gasteiger partial charge >= 0.3 is 0 Å². The van der Waals surface area contributed by atoms with E-state index in [1.54, 1.807) is 0 Å². The predicted molar refractivity (Wildman–Crippen MR) is 95.1 cm³/mol. The molecule has 6 heteroatoms. The highest BCUT2D eigenvalue weighted by atomic mass is 16.6. The summed E-state index contributed by atoms with van der Waals surface area (Å²) in [4.78, 5) is 12.7. The SMILES string of the molecule is Cc1nn(C)c(C)c1[C@@H](C)C(=O)N[C@H](C)c1ccc2c(c1)OCCO2. The van der Waals surface area contributed by atoms with Crippen LogP contribution in [-0.2, 0) is 11.8 Å². The molecule has 6 nitrogen and oxygen atoms in total. The van der Waals surface area contributed by atoms with Gasteiger partial charge in [-0.3, -0.25) is 9.48 Å². The van der Waals surface area contributed by atoms with Crippen molar-refractivity contribution in [2.24, 2.45) is 7.05 Å². The third kappa shape index (κ3) is 3.34. The van der Waals surface area contributed by atoms with Gasteiger partial charge in [-0.25, -0.2) is 0 Å². The number of fused-ring (bicyclic) bond motifs is 1. The molecule has 2 aromatic rings. The Hall–Kier alpha value is -2.50. The maximum absolute atomic E-state index is 12.7. The maximum Gasteiger partial charge on any atom is 0.227 e. The molecule has 0 aliphatic carbocycles. The molecular formula is C19H25N3O3. The van der Waals surface area contributed by atoms with Gasteiger partial charge in [0.1, 0.15) is 13.2 Å². The summed E-state index contributed by atoms with van der Waals surface area (Å²) in [7, 11) is 1.90. The van der Waals surface area contributed by atoms with Crippen LogP contribution in [0, 0.1) is 13.8 Å². The van der Waals surface area contributed by atoms with Gasteiger partial charge in [0.2, 0.25) is 5.91 Å². The van der Waals surface area contributed by atoms with E-state index in [1.807, 2.05) is 57.6 Å². The fraction of sp³-hybridized carbons (Fsp3) is 0.474. The van der Waals surface area contributed by atoms with Crippen molar-refractivity contribution in [2.75, 3.05) is 13.2 Å². The highest BCUT2D eigenvalue weighted by molar-refractivity contribution is 5.84. The fourth-order valence-corrected chi connectivity index (χ4v) is 3.30. The Balaban J connectivity index is 1.74. The van der Waals surface area contributed by atoms with Crippen molar-refractivity contribution in [3.63, 3.8) is 0 Å². The summed E-state index contributed by atoms with van der Waals surface area (Å²) in [6.45, 7) is 8.94. The first kappa shape index (κ1) is 17.3. The van der Waals surface area contributed by atoms with Crippen molar-refractivity contribution in [3.8, 4) is 11.5 Å². The lowest BCUT2D eigenvalue weighted by atomic mass is 9.97. The second-order valence-electron chi connectivity index (χ2n) is 6.56. The molecule has 134 valence electrons. The van der Waals surface area contributed by atoms with Gasteiger partial charge in [0.25, 0.3) is 0 Å². The zero-order valence-corrected chi connectivity index (χ0v) is 15.4. The molecule has 1 aromatic carbocycles. The Bertz CT molecular complexity index is 797. The molecule has 2 heterocycles. The third-order valence-electron chi connectivity index (χ3n) is 4.82. The number of amides is 1. The number of benzene rings is 1.